The van der Waals surface area contributed by atoms with Crippen LogP contribution in [-0.2, 0) is 0 Å². The number of halogens is 1. The maximum Gasteiger partial charge on any atom is 0.250 e. The van der Waals surface area contributed by atoms with E-state index in [0.29, 0.717) is 29.4 Å². The quantitative estimate of drug-likeness (QED) is 0.431. The Bertz CT molecular complexity index is 1050. The molecule has 172 valence electrons. The van der Waals surface area contributed by atoms with E-state index in [2.05, 4.69) is 30.3 Å². The maximum absolute atomic E-state index is 13.1. The van der Waals surface area contributed by atoms with Crippen molar-refractivity contribution in [3.8, 4) is 11.3 Å². The van der Waals surface area contributed by atoms with E-state index in [1.54, 1.807) is 18.3 Å². The number of piperidine rings is 2. The molecule has 0 bridgehead atoms. The van der Waals surface area contributed by atoms with Crippen molar-refractivity contribution < 1.29 is 8.81 Å². The van der Waals surface area contributed by atoms with Crippen molar-refractivity contribution in [2.75, 3.05) is 41.4 Å². The summed E-state index contributed by atoms with van der Waals surface area (Å²) in [5.41, 5.74) is 3.76. The third kappa shape index (κ3) is 5.30. The SMILES string of the molecule is Fc1ccc(-c2ccc(C=NNc3nc(N4CCCCC4)nc(N4CCCCC4)n3)o2)cc1. The molecule has 0 unspecified atom stereocenters. The minimum Gasteiger partial charge on any atom is -0.455 e. The number of hydrazone groups is 1. The van der Waals surface area contributed by atoms with Gasteiger partial charge in [-0.25, -0.2) is 9.82 Å². The second kappa shape index (κ2) is 9.97. The molecule has 5 rings (SSSR count). The highest BCUT2D eigenvalue weighted by molar-refractivity contribution is 5.78. The lowest BCUT2D eigenvalue weighted by Crippen LogP contribution is -2.34. The molecule has 9 heteroatoms. The molecule has 0 spiro atoms. The standard InChI is InChI=1S/C24H28FN7O/c25-19-9-7-18(8-10-19)21-12-11-20(33-21)17-26-30-22-27-23(31-13-3-1-4-14-31)29-24(28-22)32-15-5-2-6-16-32/h7-12,17H,1-6,13-16H2,(H,27,28,29,30). The summed E-state index contributed by atoms with van der Waals surface area (Å²) in [6, 6.07) is 9.84. The molecule has 1 aromatic carbocycles. The molecule has 0 radical (unpaired) electrons. The topological polar surface area (TPSA) is 82.7 Å². The van der Waals surface area contributed by atoms with Gasteiger partial charge in [-0.05, 0) is 74.9 Å². The van der Waals surface area contributed by atoms with Gasteiger partial charge in [-0.1, -0.05) is 0 Å². The van der Waals surface area contributed by atoms with Crippen LogP contribution in [0.2, 0.25) is 0 Å². The number of benzene rings is 1. The van der Waals surface area contributed by atoms with Gasteiger partial charge in [0.1, 0.15) is 17.3 Å². The number of hydrogen-bond acceptors (Lipinski definition) is 8. The van der Waals surface area contributed by atoms with Crippen LogP contribution in [0.4, 0.5) is 22.2 Å². The van der Waals surface area contributed by atoms with Crippen LogP contribution >= 0.6 is 0 Å². The first-order valence-electron chi connectivity index (χ1n) is 11.7. The van der Waals surface area contributed by atoms with Crippen molar-refractivity contribution in [2.45, 2.75) is 38.5 Å². The molecule has 33 heavy (non-hydrogen) atoms. The zero-order valence-corrected chi connectivity index (χ0v) is 18.6. The minimum absolute atomic E-state index is 0.276. The minimum atomic E-state index is -0.276. The number of hydrogen-bond donors (Lipinski definition) is 1. The first kappa shape index (κ1) is 21.4. The second-order valence-corrected chi connectivity index (χ2v) is 8.43. The van der Waals surface area contributed by atoms with Crippen molar-refractivity contribution in [3.05, 3.63) is 48.0 Å². The lowest BCUT2D eigenvalue weighted by atomic mass is 10.1. The van der Waals surface area contributed by atoms with Crippen molar-refractivity contribution in [2.24, 2.45) is 5.10 Å². The highest BCUT2D eigenvalue weighted by Gasteiger charge is 2.20. The molecule has 0 aliphatic carbocycles. The molecular weight excluding hydrogens is 421 g/mol. The van der Waals surface area contributed by atoms with Crippen LogP contribution in [0.1, 0.15) is 44.3 Å². The highest BCUT2D eigenvalue weighted by atomic mass is 19.1. The number of aromatic nitrogens is 3. The Hall–Kier alpha value is -3.49. The van der Waals surface area contributed by atoms with Crippen LogP contribution in [0, 0.1) is 5.82 Å². The van der Waals surface area contributed by atoms with Gasteiger partial charge in [-0.3, -0.25) is 0 Å². The van der Waals surface area contributed by atoms with E-state index in [1.165, 1.54) is 25.0 Å². The lowest BCUT2D eigenvalue weighted by molar-refractivity contribution is 0.556. The summed E-state index contributed by atoms with van der Waals surface area (Å²) in [6.45, 7) is 3.85. The zero-order valence-electron chi connectivity index (χ0n) is 18.6. The van der Waals surface area contributed by atoms with Crippen molar-refractivity contribution in [1.82, 2.24) is 15.0 Å². The third-order valence-electron chi connectivity index (χ3n) is 6.00. The van der Waals surface area contributed by atoms with Gasteiger partial charge in [-0.2, -0.15) is 20.1 Å². The van der Waals surface area contributed by atoms with E-state index in [9.17, 15) is 4.39 Å². The summed E-state index contributed by atoms with van der Waals surface area (Å²) < 4.78 is 19.0. The molecule has 2 aromatic heterocycles. The summed E-state index contributed by atoms with van der Waals surface area (Å²) in [7, 11) is 0. The molecule has 0 amide bonds. The Morgan fingerprint density at radius 3 is 2.00 bits per heavy atom. The van der Waals surface area contributed by atoms with Crippen LogP contribution in [0.15, 0.2) is 45.9 Å². The van der Waals surface area contributed by atoms with E-state index in [-0.39, 0.29) is 5.82 Å². The van der Waals surface area contributed by atoms with Gasteiger partial charge < -0.3 is 14.2 Å². The molecule has 2 aliphatic heterocycles. The Labute approximate surface area is 192 Å². The molecule has 2 saturated heterocycles. The molecule has 2 aliphatic rings. The van der Waals surface area contributed by atoms with E-state index in [1.807, 2.05) is 12.1 Å². The predicted octanol–water partition coefficient (Wildman–Crippen LogP) is 4.70. The number of furan rings is 1. The molecule has 8 nitrogen and oxygen atoms in total. The molecular formula is C24H28FN7O. The number of anilines is 3. The van der Waals surface area contributed by atoms with Gasteiger partial charge >= 0.3 is 0 Å². The predicted molar refractivity (Wildman–Crippen MR) is 127 cm³/mol. The average Bonchev–Trinajstić information content (AvgIpc) is 3.34. The fourth-order valence-electron chi connectivity index (χ4n) is 4.22. The monoisotopic (exact) mass is 449 g/mol. The number of rotatable bonds is 6. The summed E-state index contributed by atoms with van der Waals surface area (Å²) in [6.07, 6.45) is 8.69. The van der Waals surface area contributed by atoms with E-state index < -0.39 is 0 Å². The molecule has 1 N–H and O–H groups in total. The van der Waals surface area contributed by atoms with Gasteiger partial charge in [0.2, 0.25) is 17.8 Å². The van der Waals surface area contributed by atoms with Gasteiger partial charge in [0.05, 0.1) is 6.21 Å². The molecule has 2 fully saturated rings. The van der Waals surface area contributed by atoms with Crippen molar-refractivity contribution in [3.63, 3.8) is 0 Å². The van der Waals surface area contributed by atoms with Crippen LogP contribution in [0.5, 0.6) is 0 Å². The molecule has 4 heterocycles. The van der Waals surface area contributed by atoms with Crippen LogP contribution < -0.4 is 15.2 Å². The normalized spacial score (nSPS) is 17.0. The van der Waals surface area contributed by atoms with Crippen molar-refractivity contribution >= 4 is 24.1 Å². The molecule has 0 saturated carbocycles. The van der Waals surface area contributed by atoms with Gasteiger partial charge in [-0.15, -0.1) is 0 Å². The van der Waals surface area contributed by atoms with Crippen LogP contribution in [0.25, 0.3) is 11.3 Å². The first-order chi connectivity index (χ1) is 16.2. The molecule has 0 atom stereocenters. The third-order valence-corrected chi connectivity index (χ3v) is 6.00. The van der Waals surface area contributed by atoms with Crippen LogP contribution in [-0.4, -0.2) is 47.3 Å². The molecule has 3 aromatic rings. The summed E-state index contributed by atoms with van der Waals surface area (Å²) in [5, 5.41) is 4.29. The van der Waals surface area contributed by atoms with Crippen LogP contribution in [0.3, 0.4) is 0 Å². The Balaban J connectivity index is 1.32. The maximum atomic E-state index is 13.1. The summed E-state index contributed by atoms with van der Waals surface area (Å²) in [5.74, 6) is 2.79. The Morgan fingerprint density at radius 1 is 0.788 bits per heavy atom. The smallest absolute Gasteiger partial charge is 0.250 e. The van der Waals surface area contributed by atoms with Gasteiger partial charge in [0, 0.05) is 31.7 Å². The summed E-state index contributed by atoms with van der Waals surface area (Å²) in [4.78, 5) is 18.5. The number of nitrogens with one attached hydrogen (secondary N) is 1. The summed E-state index contributed by atoms with van der Waals surface area (Å²) >= 11 is 0. The second-order valence-electron chi connectivity index (χ2n) is 8.43. The number of nitrogens with zero attached hydrogens (tertiary/aromatic N) is 6. The fraction of sp³-hybridized carbons (Fsp3) is 0.417. The average molecular weight is 450 g/mol. The Morgan fingerprint density at radius 2 is 1.39 bits per heavy atom. The van der Waals surface area contributed by atoms with E-state index in [4.69, 9.17) is 9.40 Å². The highest BCUT2D eigenvalue weighted by Crippen LogP contribution is 2.23. The fourth-order valence-corrected chi connectivity index (χ4v) is 4.22. The van der Waals surface area contributed by atoms with Crippen molar-refractivity contribution in [1.29, 1.82) is 0 Å². The Kier molecular flexibility index (Phi) is 6.46. The largest absolute Gasteiger partial charge is 0.455 e. The first-order valence-corrected chi connectivity index (χ1v) is 11.7. The lowest BCUT2D eigenvalue weighted by Gasteiger charge is -2.30. The zero-order chi connectivity index (χ0) is 22.5. The van der Waals surface area contributed by atoms with Gasteiger partial charge in [0.15, 0.2) is 0 Å². The van der Waals surface area contributed by atoms with E-state index >= 15 is 0 Å². The van der Waals surface area contributed by atoms with Gasteiger partial charge in [0.25, 0.3) is 0 Å². The van der Waals surface area contributed by atoms with E-state index in [0.717, 1.165) is 57.4 Å².